The van der Waals surface area contributed by atoms with E-state index in [0.717, 1.165) is 22.2 Å². The number of carbonyl (C=O) groups excluding carboxylic acids is 1. The number of aromatic hydroxyl groups is 1. The van der Waals surface area contributed by atoms with E-state index in [1.54, 1.807) is 28.8 Å². The average molecular weight is 309 g/mol. The lowest BCUT2D eigenvalue weighted by Crippen LogP contribution is -2.27. The molecule has 1 heterocycles. The van der Waals surface area contributed by atoms with Crippen LogP contribution >= 0.6 is 0 Å². The highest BCUT2D eigenvalue weighted by Crippen LogP contribution is 2.30. The van der Waals surface area contributed by atoms with E-state index in [1.165, 1.54) is 0 Å². The van der Waals surface area contributed by atoms with Crippen LogP contribution in [0.2, 0.25) is 0 Å². The van der Waals surface area contributed by atoms with Crippen molar-refractivity contribution in [3.8, 4) is 17.0 Å². The van der Waals surface area contributed by atoms with Crippen molar-refractivity contribution in [2.45, 2.75) is 26.4 Å². The molecule has 4 nitrogen and oxygen atoms in total. The van der Waals surface area contributed by atoms with Crippen molar-refractivity contribution in [1.29, 1.82) is 0 Å². The van der Waals surface area contributed by atoms with Crippen molar-refractivity contribution in [2.75, 3.05) is 0 Å². The average Bonchev–Trinajstić information content (AvgIpc) is 2.85. The summed E-state index contributed by atoms with van der Waals surface area (Å²) in [6.45, 7) is 5.53. The van der Waals surface area contributed by atoms with Gasteiger partial charge in [0, 0.05) is 5.39 Å². The lowest BCUT2D eigenvalue weighted by Gasteiger charge is -2.21. The Balaban J connectivity index is 2.19. The van der Waals surface area contributed by atoms with E-state index in [0.29, 0.717) is 0 Å². The van der Waals surface area contributed by atoms with Crippen LogP contribution in [-0.2, 0) is 4.74 Å². The molecule has 2 aromatic carbocycles. The Morgan fingerprint density at radius 1 is 1.04 bits per heavy atom. The van der Waals surface area contributed by atoms with E-state index in [9.17, 15) is 9.90 Å². The zero-order valence-corrected chi connectivity index (χ0v) is 13.4. The van der Waals surface area contributed by atoms with Gasteiger partial charge >= 0.3 is 6.09 Å². The van der Waals surface area contributed by atoms with Gasteiger partial charge in [-0.1, -0.05) is 18.2 Å². The van der Waals surface area contributed by atoms with Crippen LogP contribution in [0, 0.1) is 0 Å². The normalized spacial score (nSPS) is 11.6. The summed E-state index contributed by atoms with van der Waals surface area (Å²) in [7, 11) is 0. The first-order valence-corrected chi connectivity index (χ1v) is 7.48. The molecule has 0 atom stereocenters. The first kappa shape index (κ1) is 15.2. The fraction of sp³-hybridized carbons (Fsp3) is 0.211. The molecule has 118 valence electrons. The largest absolute Gasteiger partial charge is 0.508 e. The molecule has 3 aromatic rings. The summed E-state index contributed by atoms with van der Waals surface area (Å²) >= 11 is 0. The molecule has 0 aliphatic carbocycles. The molecular formula is C19H19NO3. The Morgan fingerprint density at radius 2 is 1.70 bits per heavy atom. The summed E-state index contributed by atoms with van der Waals surface area (Å²) in [5.74, 6) is 0.189. The minimum Gasteiger partial charge on any atom is -0.508 e. The van der Waals surface area contributed by atoms with Gasteiger partial charge < -0.3 is 9.84 Å². The molecule has 0 aliphatic rings. The van der Waals surface area contributed by atoms with Crippen LogP contribution in [0.5, 0.6) is 5.75 Å². The molecule has 0 aliphatic heterocycles. The van der Waals surface area contributed by atoms with Crippen molar-refractivity contribution in [3.05, 3.63) is 54.6 Å². The Morgan fingerprint density at radius 3 is 2.35 bits per heavy atom. The fourth-order valence-electron chi connectivity index (χ4n) is 2.50. The maximum atomic E-state index is 12.7. The highest BCUT2D eigenvalue weighted by Gasteiger charge is 2.22. The maximum Gasteiger partial charge on any atom is 0.419 e. The molecule has 0 spiro atoms. The molecule has 0 bridgehead atoms. The minimum absolute atomic E-state index is 0.189. The Hall–Kier alpha value is -2.75. The van der Waals surface area contributed by atoms with E-state index in [2.05, 4.69) is 0 Å². The number of ether oxygens (including phenoxy) is 1. The summed E-state index contributed by atoms with van der Waals surface area (Å²) in [4.78, 5) is 12.7. The zero-order valence-electron chi connectivity index (χ0n) is 13.4. The molecule has 4 heteroatoms. The van der Waals surface area contributed by atoms with E-state index >= 15 is 0 Å². The number of rotatable bonds is 1. The third-order valence-corrected chi connectivity index (χ3v) is 3.45. The molecule has 0 saturated heterocycles. The Bertz CT molecular complexity index is 854. The van der Waals surface area contributed by atoms with Gasteiger partial charge in [0.2, 0.25) is 0 Å². The third kappa shape index (κ3) is 3.06. The molecule has 0 saturated carbocycles. The molecule has 0 radical (unpaired) electrons. The highest BCUT2D eigenvalue weighted by molar-refractivity contribution is 5.96. The second-order valence-corrected chi connectivity index (χ2v) is 6.45. The monoisotopic (exact) mass is 309 g/mol. The Labute approximate surface area is 134 Å². The predicted octanol–water partition coefficient (Wildman–Crippen LogP) is 4.80. The number of phenolic OH excluding ortho intramolecular Hbond substituents is 1. The molecular weight excluding hydrogens is 290 g/mol. The van der Waals surface area contributed by atoms with Gasteiger partial charge in [-0.05, 0) is 62.7 Å². The highest BCUT2D eigenvalue weighted by atomic mass is 16.6. The van der Waals surface area contributed by atoms with Gasteiger partial charge in [-0.3, -0.25) is 0 Å². The summed E-state index contributed by atoms with van der Waals surface area (Å²) in [5, 5.41) is 10.4. The lowest BCUT2D eigenvalue weighted by molar-refractivity contribution is 0.0547. The molecule has 1 N–H and O–H groups in total. The maximum absolute atomic E-state index is 12.7. The van der Waals surface area contributed by atoms with Gasteiger partial charge in [-0.15, -0.1) is 0 Å². The first-order chi connectivity index (χ1) is 10.8. The quantitative estimate of drug-likeness (QED) is 0.702. The number of nitrogens with zero attached hydrogens (tertiary/aromatic N) is 1. The van der Waals surface area contributed by atoms with Crippen LogP contribution in [0.1, 0.15) is 20.8 Å². The molecule has 0 unspecified atom stereocenters. The van der Waals surface area contributed by atoms with Crippen molar-refractivity contribution in [3.63, 3.8) is 0 Å². The first-order valence-electron chi connectivity index (χ1n) is 7.48. The van der Waals surface area contributed by atoms with Crippen molar-refractivity contribution < 1.29 is 14.6 Å². The predicted molar refractivity (Wildman–Crippen MR) is 90.7 cm³/mol. The standard InChI is InChI=1S/C19H19NO3/c1-19(2,3)23-18(22)20-16-7-5-4-6-14(16)12-17(20)13-8-10-15(21)11-9-13/h4-12,21H,1-3H3. The topological polar surface area (TPSA) is 51.5 Å². The Kier molecular flexibility index (Phi) is 3.60. The van der Waals surface area contributed by atoms with Crippen LogP contribution in [0.25, 0.3) is 22.2 Å². The lowest BCUT2D eigenvalue weighted by atomic mass is 10.1. The number of fused-ring (bicyclic) bond motifs is 1. The summed E-state index contributed by atoms with van der Waals surface area (Å²) in [5.41, 5.74) is 1.80. The molecule has 1 aromatic heterocycles. The number of benzene rings is 2. The summed E-state index contributed by atoms with van der Waals surface area (Å²) < 4.78 is 7.13. The van der Waals surface area contributed by atoms with Crippen molar-refractivity contribution >= 4 is 17.0 Å². The smallest absolute Gasteiger partial charge is 0.419 e. The van der Waals surface area contributed by atoms with Crippen molar-refractivity contribution in [2.24, 2.45) is 0 Å². The second kappa shape index (κ2) is 5.47. The molecule has 3 rings (SSSR count). The molecule has 0 fully saturated rings. The van der Waals surface area contributed by atoms with Crippen LogP contribution in [0.3, 0.4) is 0 Å². The van der Waals surface area contributed by atoms with E-state index < -0.39 is 11.7 Å². The van der Waals surface area contributed by atoms with Gasteiger partial charge in [-0.2, -0.15) is 0 Å². The number of aromatic nitrogens is 1. The van der Waals surface area contributed by atoms with Gasteiger partial charge in [-0.25, -0.2) is 9.36 Å². The van der Waals surface area contributed by atoms with E-state index in [-0.39, 0.29) is 5.75 Å². The summed E-state index contributed by atoms with van der Waals surface area (Å²) in [6.07, 6.45) is -0.415. The van der Waals surface area contributed by atoms with Crippen LogP contribution in [-0.4, -0.2) is 21.4 Å². The number of carbonyl (C=O) groups is 1. The fourth-order valence-corrected chi connectivity index (χ4v) is 2.50. The third-order valence-electron chi connectivity index (χ3n) is 3.45. The zero-order chi connectivity index (χ0) is 16.6. The van der Waals surface area contributed by atoms with Gasteiger partial charge in [0.15, 0.2) is 0 Å². The van der Waals surface area contributed by atoms with Crippen LogP contribution in [0.4, 0.5) is 4.79 Å². The van der Waals surface area contributed by atoms with Crippen molar-refractivity contribution in [1.82, 2.24) is 4.57 Å². The SMILES string of the molecule is CC(C)(C)OC(=O)n1c(-c2ccc(O)cc2)cc2ccccc21. The van der Waals surface area contributed by atoms with E-state index in [4.69, 9.17) is 4.74 Å². The van der Waals surface area contributed by atoms with Gasteiger partial charge in [0.1, 0.15) is 11.4 Å². The number of phenols is 1. The minimum atomic E-state index is -0.575. The second-order valence-electron chi connectivity index (χ2n) is 6.45. The molecule has 0 amide bonds. The number of hydrogen-bond donors (Lipinski definition) is 1. The molecule has 23 heavy (non-hydrogen) atoms. The van der Waals surface area contributed by atoms with Gasteiger partial charge in [0.25, 0.3) is 0 Å². The van der Waals surface area contributed by atoms with Crippen LogP contribution < -0.4 is 0 Å². The van der Waals surface area contributed by atoms with Crippen LogP contribution in [0.15, 0.2) is 54.6 Å². The van der Waals surface area contributed by atoms with E-state index in [1.807, 2.05) is 51.1 Å². The van der Waals surface area contributed by atoms with Gasteiger partial charge in [0.05, 0.1) is 11.2 Å². The summed E-state index contributed by atoms with van der Waals surface area (Å²) in [6, 6.07) is 16.4. The number of hydrogen-bond acceptors (Lipinski definition) is 3. The number of para-hydroxylation sites is 1.